The zero-order valence-electron chi connectivity index (χ0n) is 23.2. The van der Waals surface area contributed by atoms with Gasteiger partial charge in [-0.15, -0.1) is 0 Å². The second-order valence-corrected chi connectivity index (χ2v) is 10.00. The van der Waals surface area contributed by atoms with E-state index in [2.05, 4.69) is 20.9 Å². The minimum atomic E-state index is -1.09. The van der Waals surface area contributed by atoms with Crippen molar-refractivity contribution in [2.45, 2.75) is 19.4 Å². The highest BCUT2D eigenvalue weighted by Gasteiger charge is 2.18. The van der Waals surface area contributed by atoms with Gasteiger partial charge in [0.15, 0.2) is 23.1 Å². The standard InChI is InChI=1S/C31H29F3N4O5/c1-41-28-14-23-25(15-29(28)42-17-18-4-7-35-8-5-18)36-9-6-26(23)43-27-3-2-22(13-24(27)34)38-31(40)30(39)37-16-19-10-20(32)12-21(33)11-19/h2-3,6,9-15,18,35H,4-5,7-8,16-17H2,1H3,(H,37,39)(H,38,40). The number of nitrogens with zero attached hydrogens (tertiary/aromatic N) is 1. The first-order valence-corrected chi connectivity index (χ1v) is 13.6. The van der Waals surface area contributed by atoms with Gasteiger partial charge in [-0.2, -0.15) is 0 Å². The number of piperidine rings is 1. The van der Waals surface area contributed by atoms with Gasteiger partial charge in [0.2, 0.25) is 0 Å². The number of nitrogens with one attached hydrogen (secondary N) is 3. The van der Waals surface area contributed by atoms with Crippen molar-refractivity contribution in [2.24, 2.45) is 5.92 Å². The molecule has 0 radical (unpaired) electrons. The third-order valence-electron chi connectivity index (χ3n) is 6.91. The number of methoxy groups -OCH3 is 1. The Morgan fingerprint density at radius 3 is 2.40 bits per heavy atom. The Bertz CT molecular complexity index is 1630. The van der Waals surface area contributed by atoms with Gasteiger partial charge in [0.05, 0.1) is 19.2 Å². The zero-order valence-corrected chi connectivity index (χ0v) is 23.2. The number of aromatic nitrogens is 1. The third-order valence-corrected chi connectivity index (χ3v) is 6.91. The fourth-order valence-electron chi connectivity index (χ4n) is 4.69. The number of amides is 2. The Hall–Kier alpha value is -4.84. The van der Waals surface area contributed by atoms with Crippen molar-refractivity contribution in [3.05, 3.63) is 83.8 Å². The Morgan fingerprint density at radius 2 is 1.67 bits per heavy atom. The summed E-state index contributed by atoms with van der Waals surface area (Å²) in [5, 5.41) is 8.44. The summed E-state index contributed by atoms with van der Waals surface area (Å²) in [6.45, 7) is 2.21. The highest BCUT2D eigenvalue weighted by molar-refractivity contribution is 6.39. The topological polar surface area (TPSA) is 111 Å². The van der Waals surface area contributed by atoms with Crippen LogP contribution < -0.4 is 30.2 Å². The largest absolute Gasteiger partial charge is 0.493 e. The van der Waals surface area contributed by atoms with Gasteiger partial charge in [-0.1, -0.05) is 0 Å². The van der Waals surface area contributed by atoms with Crippen molar-refractivity contribution in [1.29, 1.82) is 0 Å². The number of hydrogen-bond donors (Lipinski definition) is 3. The van der Waals surface area contributed by atoms with E-state index in [1.165, 1.54) is 25.4 Å². The Labute approximate surface area is 245 Å². The van der Waals surface area contributed by atoms with Crippen molar-refractivity contribution in [3.63, 3.8) is 0 Å². The Balaban J connectivity index is 1.24. The molecule has 1 fully saturated rings. The first kappa shape index (κ1) is 29.6. The summed E-state index contributed by atoms with van der Waals surface area (Å²) in [5.74, 6) is -2.91. The number of rotatable bonds is 9. The average molecular weight is 595 g/mol. The molecule has 1 aliphatic heterocycles. The maximum Gasteiger partial charge on any atom is 0.313 e. The predicted octanol–water partition coefficient (Wildman–Crippen LogP) is 5.09. The van der Waals surface area contributed by atoms with E-state index in [1.807, 2.05) is 0 Å². The zero-order chi connectivity index (χ0) is 30.3. The van der Waals surface area contributed by atoms with E-state index in [0.717, 1.165) is 44.1 Å². The number of carbonyl (C=O) groups is 2. The minimum absolute atomic E-state index is 0.00130. The van der Waals surface area contributed by atoms with Crippen LogP contribution in [-0.4, -0.2) is 43.6 Å². The molecule has 0 aliphatic carbocycles. The van der Waals surface area contributed by atoms with Crippen LogP contribution in [0.5, 0.6) is 23.0 Å². The van der Waals surface area contributed by atoms with Crippen LogP contribution in [0.25, 0.3) is 10.9 Å². The van der Waals surface area contributed by atoms with Crippen LogP contribution >= 0.6 is 0 Å². The van der Waals surface area contributed by atoms with Crippen LogP contribution in [0.2, 0.25) is 0 Å². The van der Waals surface area contributed by atoms with Crippen LogP contribution in [0.15, 0.2) is 60.8 Å². The minimum Gasteiger partial charge on any atom is -0.493 e. The van der Waals surface area contributed by atoms with E-state index < -0.39 is 29.3 Å². The van der Waals surface area contributed by atoms with Crippen molar-refractivity contribution in [2.75, 3.05) is 32.1 Å². The molecule has 1 aromatic heterocycles. The van der Waals surface area contributed by atoms with E-state index in [-0.39, 0.29) is 23.5 Å². The second kappa shape index (κ2) is 13.4. The van der Waals surface area contributed by atoms with Crippen LogP contribution in [0.3, 0.4) is 0 Å². The van der Waals surface area contributed by atoms with Crippen molar-refractivity contribution >= 4 is 28.4 Å². The highest BCUT2D eigenvalue weighted by Crippen LogP contribution is 2.38. The van der Waals surface area contributed by atoms with Gasteiger partial charge in [0.1, 0.15) is 17.4 Å². The number of carbonyl (C=O) groups excluding carboxylic acids is 2. The molecule has 0 spiro atoms. The average Bonchev–Trinajstić information content (AvgIpc) is 2.99. The van der Waals surface area contributed by atoms with Crippen LogP contribution in [0, 0.1) is 23.4 Å². The summed E-state index contributed by atoms with van der Waals surface area (Å²) in [6.07, 6.45) is 3.60. The number of fused-ring (bicyclic) bond motifs is 1. The normalized spacial score (nSPS) is 13.4. The molecule has 2 heterocycles. The Kier molecular flexibility index (Phi) is 9.26. The molecule has 5 rings (SSSR count). The van der Waals surface area contributed by atoms with E-state index in [1.54, 1.807) is 18.2 Å². The number of benzene rings is 3. The molecule has 3 N–H and O–H groups in total. The maximum atomic E-state index is 15.0. The number of anilines is 1. The van der Waals surface area contributed by atoms with Gasteiger partial charge in [0, 0.05) is 42.0 Å². The fourth-order valence-corrected chi connectivity index (χ4v) is 4.69. The predicted molar refractivity (Wildman–Crippen MR) is 153 cm³/mol. The molecular formula is C31H29F3N4O5. The van der Waals surface area contributed by atoms with Crippen LogP contribution in [0.1, 0.15) is 18.4 Å². The molecule has 0 saturated carbocycles. The number of halogens is 3. The monoisotopic (exact) mass is 594 g/mol. The van der Waals surface area contributed by atoms with Gasteiger partial charge in [-0.25, -0.2) is 13.2 Å². The Morgan fingerprint density at radius 1 is 0.907 bits per heavy atom. The second-order valence-electron chi connectivity index (χ2n) is 10.00. The fraction of sp³-hybridized carbons (Fsp3) is 0.258. The molecule has 43 heavy (non-hydrogen) atoms. The number of hydrogen-bond acceptors (Lipinski definition) is 7. The van der Waals surface area contributed by atoms with Gasteiger partial charge in [-0.05, 0) is 73.8 Å². The van der Waals surface area contributed by atoms with E-state index in [9.17, 15) is 18.4 Å². The molecule has 1 aliphatic rings. The van der Waals surface area contributed by atoms with Gasteiger partial charge >= 0.3 is 11.8 Å². The van der Waals surface area contributed by atoms with Gasteiger partial charge in [0.25, 0.3) is 0 Å². The van der Waals surface area contributed by atoms with Crippen molar-refractivity contribution in [1.82, 2.24) is 15.6 Å². The molecule has 0 atom stereocenters. The molecular weight excluding hydrogens is 565 g/mol. The molecule has 4 aromatic rings. The van der Waals surface area contributed by atoms with Crippen molar-refractivity contribution < 1.29 is 37.0 Å². The highest BCUT2D eigenvalue weighted by atomic mass is 19.1. The molecule has 3 aromatic carbocycles. The lowest BCUT2D eigenvalue weighted by atomic mass is 9.99. The smallest absolute Gasteiger partial charge is 0.313 e. The summed E-state index contributed by atoms with van der Waals surface area (Å²) >= 11 is 0. The van der Waals surface area contributed by atoms with Gasteiger partial charge in [-0.3, -0.25) is 14.6 Å². The lowest BCUT2D eigenvalue weighted by Gasteiger charge is -2.23. The molecule has 1 saturated heterocycles. The molecule has 2 amide bonds. The number of ether oxygens (including phenoxy) is 3. The summed E-state index contributed by atoms with van der Waals surface area (Å²) < 4.78 is 59.1. The lowest BCUT2D eigenvalue weighted by molar-refractivity contribution is -0.136. The quantitative estimate of drug-likeness (QED) is 0.232. The molecule has 0 unspecified atom stereocenters. The molecule has 12 heteroatoms. The summed E-state index contributed by atoms with van der Waals surface area (Å²) in [4.78, 5) is 28.8. The summed E-state index contributed by atoms with van der Waals surface area (Å²) in [6, 6.07) is 11.5. The number of pyridine rings is 1. The summed E-state index contributed by atoms with van der Waals surface area (Å²) in [7, 11) is 1.53. The SMILES string of the molecule is COc1cc2c(Oc3ccc(NC(=O)C(=O)NCc4cc(F)cc(F)c4)cc3F)ccnc2cc1OCC1CCNCC1. The first-order valence-electron chi connectivity index (χ1n) is 13.6. The first-order chi connectivity index (χ1) is 20.8. The van der Waals surface area contributed by atoms with Crippen LogP contribution in [0.4, 0.5) is 18.9 Å². The maximum absolute atomic E-state index is 15.0. The summed E-state index contributed by atoms with van der Waals surface area (Å²) in [5.41, 5.74) is 0.696. The van der Waals surface area contributed by atoms with E-state index >= 15 is 4.39 Å². The molecule has 224 valence electrons. The molecule has 9 nitrogen and oxygen atoms in total. The third kappa shape index (κ3) is 7.52. The van der Waals surface area contributed by atoms with Crippen LogP contribution in [-0.2, 0) is 16.1 Å². The van der Waals surface area contributed by atoms with E-state index in [4.69, 9.17) is 14.2 Å². The van der Waals surface area contributed by atoms with Gasteiger partial charge < -0.3 is 30.2 Å². The lowest BCUT2D eigenvalue weighted by Crippen LogP contribution is -2.35. The molecule has 0 bridgehead atoms. The van der Waals surface area contributed by atoms with E-state index in [0.29, 0.717) is 46.7 Å². The van der Waals surface area contributed by atoms with Crippen molar-refractivity contribution in [3.8, 4) is 23.0 Å².